The molecule has 6 nitrogen and oxygen atoms in total. The first-order valence-corrected chi connectivity index (χ1v) is 8.03. The van der Waals surface area contributed by atoms with Crippen molar-refractivity contribution < 1.29 is 14.3 Å². The van der Waals surface area contributed by atoms with Gasteiger partial charge in [0.1, 0.15) is 5.75 Å². The molecule has 6 heteroatoms. The lowest BCUT2D eigenvalue weighted by Crippen LogP contribution is -2.26. The summed E-state index contributed by atoms with van der Waals surface area (Å²) in [5, 5.41) is 5.66. The van der Waals surface area contributed by atoms with Gasteiger partial charge in [-0.2, -0.15) is 0 Å². The molecule has 0 saturated heterocycles. The second-order valence-corrected chi connectivity index (χ2v) is 5.77. The van der Waals surface area contributed by atoms with E-state index in [1.54, 1.807) is 42.7 Å². The van der Waals surface area contributed by atoms with Gasteiger partial charge in [-0.05, 0) is 48.7 Å². The molecule has 1 heterocycles. The first-order chi connectivity index (χ1) is 12.2. The third-order valence-electron chi connectivity index (χ3n) is 3.75. The van der Waals surface area contributed by atoms with Gasteiger partial charge in [-0.25, -0.2) is 0 Å². The highest BCUT2D eigenvalue weighted by Crippen LogP contribution is 2.25. The maximum atomic E-state index is 12.4. The van der Waals surface area contributed by atoms with Crippen LogP contribution in [0.25, 0.3) is 6.08 Å². The van der Waals surface area contributed by atoms with E-state index in [9.17, 15) is 9.59 Å². The van der Waals surface area contributed by atoms with Gasteiger partial charge in [-0.1, -0.05) is 6.07 Å². The number of hydrogen-bond donors (Lipinski definition) is 2. The SMILES string of the molecule is COc1ccc(NC(=O)/C=C\c2cccnc2)c(C(=O)NC2CC2)c1. The standard InChI is InChI=1S/C19H19N3O3/c1-25-15-7-8-17(16(11-15)19(24)21-14-5-6-14)22-18(23)9-4-13-3-2-10-20-12-13/h2-4,7-12,14H,5-6H2,1H3,(H,21,24)(H,22,23)/b9-4-. The van der Waals surface area contributed by atoms with Crippen LogP contribution in [0, 0.1) is 0 Å². The highest BCUT2D eigenvalue weighted by atomic mass is 16.5. The van der Waals surface area contributed by atoms with Crippen LogP contribution in [0.3, 0.4) is 0 Å². The summed E-state index contributed by atoms with van der Waals surface area (Å²) < 4.78 is 5.18. The Bertz CT molecular complexity index is 799. The van der Waals surface area contributed by atoms with Crippen molar-refractivity contribution in [3.63, 3.8) is 0 Å². The minimum atomic E-state index is -0.325. The van der Waals surface area contributed by atoms with E-state index in [0.29, 0.717) is 17.0 Å². The van der Waals surface area contributed by atoms with Gasteiger partial charge in [0, 0.05) is 24.5 Å². The van der Waals surface area contributed by atoms with Gasteiger partial charge in [-0.3, -0.25) is 14.6 Å². The molecule has 0 spiro atoms. The Morgan fingerprint density at radius 2 is 2.12 bits per heavy atom. The predicted octanol–water partition coefficient (Wildman–Crippen LogP) is 2.63. The Morgan fingerprint density at radius 3 is 2.80 bits per heavy atom. The van der Waals surface area contributed by atoms with E-state index >= 15 is 0 Å². The molecule has 25 heavy (non-hydrogen) atoms. The first kappa shape index (κ1) is 16.7. The maximum Gasteiger partial charge on any atom is 0.253 e. The van der Waals surface area contributed by atoms with Crippen LogP contribution in [0.5, 0.6) is 5.75 Å². The van der Waals surface area contributed by atoms with E-state index in [1.165, 1.54) is 13.2 Å². The smallest absolute Gasteiger partial charge is 0.253 e. The summed E-state index contributed by atoms with van der Waals surface area (Å²) in [7, 11) is 1.53. The van der Waals surface area contributed by atoms with Gasteiger partial charge in [0.25, 0.3) is 5.91 Å². The molecule has 3 rings (SSSR count). The second kappa shape index (κ2) is 7.61. The number of anilines is 1. The molecule has 1 aliphatic carbocycles. The summed E-state index contributed by atoms with van der Waals surface area (Å²) in [6.07, 6.45) is 8.38. The molecule has 1 aliphatic rings. The molecule has 1 aromatic carbocycles. The molecule has 2 N–H and O–H groups in total. The third-order valence-corrected chi connectivity index (χ3v) is 3.75. The molecule has 2 amide bonds. The van der Waals surface area contributed by atoms with E-state index in [-0.39, 0.29) is 17.9 Å². The fourth-order valence-electron chi connectivity index (χ4n) is 2.26. The van der Waals surface area contributed by atoms with Crippen LogP contribution in [-0.2, 0) is 4.79 Å². The third kappa shape index (κ3) is 4.67. The molecule has 0 radical (unpaired) electrons. The van der Waals surface area contributed by atoms with Crippen molar-refractivity contribution in [3.05, 3.63) is 59.9 Å². The number of carbonyl (C=O) groups is 2. The van der Waals surface area contributed by atoms with Crippen molar-refractivity contribution in [3.8, 4) is 5.75 Å². The zero-order valence-corrected chi connectivity index (χ0v) is 13.9. The molecule has 0 unspecified atom stereocenters. The van der Waals surface area contributed by atoms with Crippen LogP contribution < -0.4 is 15.4 Å². The van der Waals surface area contributed by atoms with Crippen LogP contribution >= 0.6 is 0 Å². The molecular formula is C19H19N3O3. The maximum absolute atomic E-state index is 12.4. The fraction of sp³-hybridized carbons (Fsp3) is 0.211. The van der Waals surface area contributed by atoms with Crippen molar-refractivity contribution in [2.45, 2.75) is 18.9 Å². The van der Waals surface area contributed by atoms with E-state index in [4.69, 9.17) is 4.74 Å². The summed E-state index contributed by atoms with van der Waals surface area (Å²) in [6.45, 7) is 0. The lowest BCUT2D eigenvalue weighted by molar-refractivity contribution is -0.111. The summed E-state index contributed by atoms with van der Waals surface area (Å²) in [6, 6.07) is 8.86. The van der Waals surface area contributed by atoms with Crippen molar-refractivity contribution in [2.24, 2.45) is 0 Å². The Kier molecular flexibility index (Phi) is 5.09. The molecule has 0 atom stereocenters. The second-order valence-electron chi connectivity index (χ2n) is 5.77. The number of benzene rings is 1. The van der Waals surface area contributed by atoms with E-state index in [2.05, 4.69) is 15.6 Å². The number of amides is 2. The van der Waals surface area contributed by atoms with Gasteiger partial charge in [0.2, 0.25) is 5.91 Å². The quantitative estimate of drug-likeness (QED) is 0.794. The average molecular weight is 337 g/mol. The number of nitrogens with one attached hydrogen (secondary N) is 2. The average Bonchev–Trinajstić information content (AvgIpc) is 3.45. The Hall–Kier alpha value is -3.15. The summed E-state index contributed by atoms with van der Waals surface area (Å²) in [4.78, 5) is 28.6. The highest BCUT2D eigenvalue weighted by Gasteiger charge is 2.25. The lowest BCUT2D eigenvalue weighted by Gasteiger charge is -2.12. The Morgan fingerprint density at radius 1 is 1.28 bits per heavy atom. The van der Waals surface area contributed by atoms with Crippen LogP contribution in [0.4, 0.5) is 5.69 Å². The van der Waals surface area contributed by atoms with Crippen molar-refractivity contribution >= 4 is 23.6 Å². The number of aromatic nitrogens is 1. The number of hydrogen-bond acceptors (Lipinski definition) is 4. The van der Waals surface area contributed by atoms with Gasteiger partial charge in [0.05, 0.1) is 18.4 Å². The minimum absolute atomic E-state index is 0.215. The monoisotopic (exact) mass is 337 g/mol. The number of methoxy groups -OCH3 is 1. The van der Waals surface area contributed by atoms with Crippen LogP contribution in [-0.4, -0.2) is 29.9 Å². The molecule has 2 aromatic rings. The zero-order chi connectivity index (χ0) is 17.6. The van der Waals surface area contributed by atoms with Gasteiger partial charge in [0.15, 0.2) is 0 Å². The predicted molar refractivity (Wildman–Crippen MR) is 95.4 cm³/mol. The van der Waals surface area contributed by atoms with E-state index < -0.39 is 0 Å². The largest absolute Gasteiger partial charge is 0.497 e. The van der Waals surface area contributed by atoms with Gasteiger partial charge >= 0.3 is 0 Å². The number of nitrogens with zero attached hydrogens (tertiary/aromatic N) is 1. The van der Waals surface area contributed by atoms with Crippen molar-refractivity contribution in [1.82, 2.24) is 10.3 Å². The molecule has 1 fully saturated rings. The summed E-state index contributed by atoms with van der Waals surface area (Å²) >= 11 is 0. The van der Waals surface area contributed by atoms with Crippen LogP contribution in [0.15, 0.2) is 48.8 Å². The number of carbonyl (C=O) groups excluding carboxylic acids is 2. The normalized spacial score (nSPS) is 13.5. The lowest BCUT2D eigenvalue weighted by atomic mass is 10.1. The molecule has 128 valence electrons. The fourth-order valence-corrected chi connectivity index (χ4v) is 2.26. The number of ether oxygens (including phenoxy) is 1. The number of pyridine rings is 1. The summed E-state index contributed by atoms with van der Waals surface area (Å²) in [5.74, 6) is 0.0206. The zero-order valence-electron chi connectivity index (χ0n) is 13.9. The van der Waals surface area contributed by atoms with Crippen LogP contribution in [0.2, 0.25) is 0 Å². The first-order valence-electron chi connectivity index (χ1n) is 8.03. The van der Waals surface area contributed by atoms with E-state index in [1.807, 2.05) is 6.07 Å². The summed E-state index contributed by atoms with van der Waals surface area (Å²) in [5.41, 5.74) is 1.65. The minimum Gasteiger partial charge on any atom is -0.497 e. The molecular weight excluding hydrogens is 318 g/mol. The highest BCUT2D eigenvalue weighted by molar-refractivity contribution is 6.08. The van der Waals surface area contributed by atoms with E-state index in [0.717, 1.165) is 18.4 Å². The number of rotatable bonds is 6. The Balaban J connectivity index is 1.75. The van der Waals surface area contributed by atoms with Crippen molar-refractivity contribution in [2.75, 3.05) is 12.4 Å². The van der Waals surface area contributed by atoms with Gasteiger partial charge in [-0.15, -0.1) is 0 Å². The Labute approximate surface area is 145 Å². The van der Waals surface area contributed by atoms with Crippen molar-refractivity contribution in [1.29, 1.82) is 0 Å². The molecule has 1 saturated carbocycles. The topological polar surface area (TPSA) is 80.3 Å². The molecule has 1 aromatic heterocycles. The van der Waals surface area contributed by atoms with Crippen LogP contribution in [0.1, 0.15) is 28.8 Å². The molecule has 0 bridgehead atoms. The van der Waals surface area contributed by atoms with Gasteiger partial charge < -0.3 is 15.4 Å². The molecule has 0 aliphatic heterocycles.